The van der Waals surface area contributed by atoms with Gasteiger partial charge in [-0.1, -0.05) is 23.7 Å². The Morgan fingerprint density at radius 2 is 2.04 bits per heavy atom. The molecule has 8 heteroatoms. The number of benzene rings is 1. The number of hydrogen-bond donors (Lipinski definition) is 3. The van der Waals surface area contributed by atoms with Crippen LogP contribution in [0, 0.1) is 11.7 Å². The van der Waals surface area contributed by atoms with Gasteiger partial charge in [-0.2, -0.15) is 0 Å². The normalized spacial score (nSPS) is 11.8. The third-order valence-electron chi connectivity index (χ3n) is 3.36. The average Bonchev–Trinajstić information content (AvgIpc) is 2.53. The van der Waals surface area contributed by atoms with Gasteiger partial charge in [0.2, 0.25) is 5.91 Å². The molecule has 1 aromatic carbocycles. The Kier molecular flexibility index (Phi) is 5.70. The summed E-state index contributed by atoms with van der Waals surface area (Å²) in [6, 6.07) is 5.96. The van der Waals surface area contributed by atoms with Crippen molar-refractivity contribution in [3.8, 4) is 0 Å². The van der Waals surface area contributed by atoms with E-state index in [0.29, 0.717) is 17.9 Å². The molecule has 1 aromatic heterocycles. The quantitative estimate of drug-likeness (QED) is 0.672. The molecule has 1 heterocycles. The first-order valence-corrected chi connectivity index (χ1v) is 7.35. The molecule has 0 spiro atoms. The Morgan fingerprint density at radius 3 is 2.65 bits per heavy atom. The third-order valence-corrected chi connectivity index (χ3v) is 3.65. The fraction of sp³-hybridized carbons (Fsp3) is 0.267. The lowest BCUT2D eigenvalue weighted by atomic mass is 9.98. The summed E-state index contributed by atoms with van der Waals surface area (Å²) in [6.45, 7) is 0.273. The second-order valence-corrected chi connectivity index (χ2v) is 5.31. The van der Waals surface area contributed by atoms with Gasteiger partial charge in [-0.3, -0.25) is 4.79 Å². The van der Waals surface area contributed by atoms with E-state index in [-0.39, 0.29) is 17.5 Å². The molecule has 0 aliphatic heterocycles. The van der Waals surface area contributed by atoms with E-state index < -0.39 is 11.8 Å². The van der Waals surface area contributed by atoms with Crippen molar-refractivity contribution in [1.82, 2.24) is 9.97 Å². The highest BCUT2D eigenvalue weighted by Gasteiger charge is 2.17. The summed E-state index contributed by atoms with van der Waals surface area (Å²) >= 11 is 5.97. The third kappa shape index (κ3) is 4.53. The summed E-state index contributed by atoms with van der Waals surface area (Å²) in [7, 11) is 1.69. The second kappa shape index (κ2) is 7.73. The average molecular weight is 338 g/mol. The van der Waals surface area contributed by atoms with Crippen molar-refractivity contribution < 1.29 is 9.18 Å². The minimum atomic E-state index is -0.473. The van der Waals surface area contributed by atoms with E-state index in [0.717, 1.165) is 5.56 Å². The van der Waals surface area contributed by atoms with Gasteiger partial charge in [-0.15, -0.1) is 0 Å². The molecule has 0 aliphatic rings. The van der Waals surface area contributed by atoms with E-state index in [1.165, 1.54) is 18.5 Å². The lowest BCUT2D eigenvalue weighted by Crippen LogP contribution is -2.31. The van der Waals surface area contributed by atoms with E-state index >= 15 is 0 Å². The lowest BCUT2D eigenvalue weighted by molar-refractivity contribution is -0.121. The van der Waals surface area contributed by atoms with Crippen molar-refractivity contribution in [1.29, 1.82) is 0 Å². The number of carbonyl (C=O) groups is 1. The molecule has 4 N–H and O–H groups in total. The zero-order valence-corrected chi connectivity index (χ0v) is 13.3. The predicted molar refractivity (Wildman–Crippen MR) is 87.9 cm³/mol. The Labute approximate surface area is 138 Å². The van der Waals surface area contributed by atoms with Crippen molar-refractivity contribution in [3.05, 3.63) is 47.1 Å². The molecule has 122 valence electrons. The Hall–Kier alpha value is -2.41. The van der Waals surface area contributed by atoms with E-state index in [1.54, 1.807) is 19.2 Å². The number of carbonyl (C=O) groups excluding carboxylic acids is 1. The van der Waals surface area contributed by atoms with Crippen molar-refractivity contribution in [2.45, 2.75) is 6.42 Å². The molecule has 0 saturated heterocycles. The molecule has 2 rings (SSSR count). The molecule has 1 amide bonds. The monoisotopic (exact) mass is 337 g/mol. The summed E-state index contributed by atoms with van der Waals surface area (Å²) < 4.78 is 12.9. The predicted octanol–water partition coefficient (Wildman–Crippen LogP) is 2.07. The number of rotatable bonds is 7. The lowest BCUT2D eigenvalue weighted by Gasteiger charge is -2.16. The first-order chi connectivity index (χ1) is 11.0. The van der Waals surface area contributed by atoms with Crippen molar-refractivity contribution in [3.63, 3.8) is 0 Å². The van der Waals surface area contributed by atoms with Gasteiger partial charge in [0.1, 0.15) is 17.8 Å². The van der Waals surface area contributed by atoms with Crippen molar-refractivity contribution in [2.24, 2.45) is 11.7 Å². The second-order valence-electron chi connectivity index (χ2n) is 4.95. The molecule has 0 radical (unpaired) electrons. The van der Waals surface area contributed by atoms with Crippen molar-refractivity contribution in [2.75, 3.05) is 24.2 Å². The molecule has 0 aliphatic carbocycles. The van der Waals surface area contributed by atoms with Crippen LogP contribution in [-0.2, 0) is 11.2 Å². The summed E-state index contributed by atoms with van der Waals surface area (Å²) in [5, 5.41) is 6.22. The van der Waals surface area contributed by atoms with Gasteiger partial charge < -0.3 is 16.4 Å². The topological polar surface area (TPSA) is 92.9 Å². The number of aromatic nitrogens is 2. The van der Waals surface area contributed by atoms with Crippen LogP contribution in [0.4, 0.5) is 15.9 Å². The Balaban J connectivity index is 2.07. The first kappa shape index (κ1) is 17.0. The number of nitrogens with zero attached hydrogens (tertiary/aromatic N) is 2. The number of hydrogen-bond acceptors (Lipinski definition) is 5. The molecule has 0 fully saturated rings. The SMILES string of the molecule is CNc1c(Cl)ncnc1NCC(Cc1ccc(F)cc1)C(N)=O. The highest BCUT2D eigenvalue weighted by atomic mass is 35.5. The van der Waals surface area contributed by atoms with Gasteiger partial charge in [0.05, 0.1) is 5.92 Å². The Bertz CT molecular complexity index is 680. The molecule has 1 atom stereocenters. The van der Waals surface area contributed by atoms with Gasteiger partial charge in [-0.25, -0.2) is 14.4 Å². The molecule has 6 nitrogen and oxygen atoms in total. The van der Waals surface area contributed by atoms with E-state index in [2.05, 4.69) is 20.6 Å². The summed E-state index contributed by atoms with van der Waals surface area (Å²) in [6.07, 6.45) is 1.72. The van der Waals surface area contributed by atoms with Crippen LogP contribution in [0.3, 0.4) is 0 Å². The molecular formula is C15H17ClFN5O. The van der Waals surface area contributed by atoms with Crippen LogP contribution < -0.4 is 16.4 Å². The number of nitrogens with two attached hydrogens (primary N) is 1. The van der Waals surface area contributed by atoms with Crippen LogP contribution in [-0.4, -0.2) is 29.5 Å². The van der Waals surface area contributed by atoms with E-state index in [9.17, 15) is 9.18 Å². The minimum Gasteiger partial charge on any atom is -0.383 e. The van der Waals surface area contributed by atoms with Crippen LogP contribution in [0.15, 0.2) is 30.6 Å². The van der Waals surface area contributed by atoms with Gasteiger partial charge >= 0.3 is 0 Å². The highest BCUT2D eigenvalue weighted by Crippen LogP contribution is 2.25. The fourth-order valence-electron chi connectivity index (χ4n) is 2.12. The molecule has 2 aromatic rings. The summed E-state index contributed by atoms with van der Waals surface area (Å²) in [5.74, 6) is -0.762. The van der Waals surface area contributed by atoms with E-state index in [4.69, 9.17) is 17.3 Å². The zero-order valence-electron chi connectivity index (χ0n) is 12.5. The van der Waals surface area contributed by atoms with Gasteiger partial charge in [-0.05, 0) is 24.1 Å². The number of primary amides is 1. The molecule has 23 heavy (non-hydrogen) atoms. The number of amides is 1. The van der Waals surface area contributed by atoms with Crippen molar-refractivity contribution >= 4 is 29.0 Å². The smallest absolute Gasteiger partial charge is 0.222 e. The number of nitrogens with one attached hydrogen (secondary N) is 2. The van der Waals surface area contributed by atoms with Crippen LogP contribution in [0.25, 0.3) is 0 Å². The zero-order chi connectivity index (χ0) is 16.8. The molecular weight excluding hydrogens is 321 g/mol. The van der Waals surface area contributed by atoms with Gasteiger partial charge in [0.25, 0.3) is 0 Å². The molecule has 1 unspecified atom stereocenters. The largest absolute Gasteiger partial charge is 0.383 e. The number of halogens is 2. The number of anilines is 2. The van der Waals surface area contributed by atoms with Crippen LogP contribution in [0.1, 0.15) is 5.56 Å². The van der Waals surface area contributed by atoms with Gasteiger partial charge in [0.15, 0.2) is 11.0 Å². The van der Waals surface area contributed by atoms with Crippen LogP contribution in [0.2, 0.25) is 5.15 Å². The summed E-state index contributed by atoms with van der Waals surface area (Å²) in [5.41, 5.74) is 6.82. The maximum atomic E-state index is 12.9. The summed E-state index contributed by atoms with van der Waals surface area (Å²) in [4.78, 5) is 19.6. The molecule has 0 bridgehead atoms. The van der Waals surface area contributed by atoms with E-state index in [1.807, 2.05) is 0 Å². The minimum absolute atomic E-state index is 0.273. The maximum absolute atomic E-state index is 12.9. The maximum Gasteiger partial charge on any atom is 0.222 e. The van der Waals surface area contributed by atoms with Crippen LogP contribution >= 0.6 is 11.6 Å². The molecule has 0 saturated carbocycles. The fourth-order valence-corrected chi connectivity index (χ4v) is 2.35. The van der Waals surface area contributed by atoms with Gasteiger partial charge in [0, 0.05) is 13.6 Å². The highest BCUT2D eigenvalue weighted by molar-refractivity contribution is 6.32. The standard InChI is InChI=1S/C15H17ClFN5O/c1-19-12-13(16)21-8-22-15(12)20-7-10(14(18)23)6-9-2-4-11(17)5-3-9/h2-5,8,10,19H,6-7H2,1H3,(H2,18,23)(H,20,21,22). The Morgan fingerprint density at radius 1 is 1.35 bits per heavy atom. The van der Waals surface area contributed by atoms with Crippen LogP contribution in [0.5, 0.6) is 0 Å². The first-order valence-electron chi connectivity index (χ1n) is 6.97.